The third-order valence-electron chi connectivity index (χ3n) is 5.90. The van der Waals surface area contributed by atoms with Crippen molar-refractivity contribution < 1.29 is 14.3 Å². The summed E-state index contributed by atoms with van der Waals surface area (Å²) in [7, 11) is 0. The summed E-state index contributed by atoms with van der Waals surface area (Å²) in [4.78, 5) is 42.8. The van der Waals surface area contributed by atoms with Crippen LogP contribution < -0.4 is 0 Å². The molecule has 0 spiro atoms. The summed E-state index contributed by atoms with van der Waals surface area (Å²) in [5.74, 6) is -0.149. The van der Waals surface area contributed by atoms with Gasteiger partial charge in [-0.1, -0.05) is 6.07 Å². The molecule has 9 nitrogen and oxygen atoms in total. The van der Waals surface area contributed by atoms with E-state index in [0.717, 1.165) is 12.0 Å². The van der Waals surface area contributed by atoms with Gasteiger partial charge in [-0.3, -0.25) is 14.6 Å². The van der Waals surface area contributed by atoms with E-state index < -0.39 is 6.04 Å². The van der Waals surface area contributed by atoms with Crippen LogP contribution in [0.2, 0.25) is 0 Å². The number of amides is 2. The number of fused-ring (bicyclic) bond motifs is 1. The Hall–Kier alpha value is -3.33. The smallest absolute Gasteiger partial charge is 0.256 e. The average Bonchev–Trinajstić information content (AvgIpc) is 3.47. The predicted octanol–water partition coefficient (Wildman–Crippen LogP) is 1.34. The van der Waals surface area contributed by atoms with Crippen LogP contribution >= 0.6 is 0 Å². The van der Waals surface area contributed by atoms with Crippen LogP contribution in [0.4, 0.5) is 0 Å². The lowest BCUT2D eigenvalue weighted by Crippen LogP contribution is -2.51. The molecule has 3 aromatic heterocycles. The molecule has 2 saturated heterocycles. The molecule has 2 aliphatic rings. The first kappa shape index (κ1) is 19.6. The zero-order valence-corrected chi connectivity index (χ0v) is 17.2. The van der Waals surface area contributed by atoms with Crippen molar-refractivity contribution in [2.24, 2.45) is 0 Å². The predicted molar refractivity (Wildman–Crippen MR) is 112 cm³/mol. The highest BCUT2D eigenvalue weighted by Crippen LogP contribution is 2.23. The second-order valence-electron chi connectivity index (χ2n) is 7.89. The van der Waals surface area contributed by atoms with Gasteiger partial charge in [-0.15, -0.1) is 0 Å². The Kier molecular flexibility index (Phi) is 5.33. The van der Waals surface area contributed by atoms with E-state index in [9.17, 15) is 9.59 Å². The summed E-state index contributed by atoms with van der Waals surface area (Å²) in [6.45, 7) is 3.45. The highest BCUT2D eigenvalue weighted by atomic mass is 16.5. The SMILES string of the molecule is O=C([C@@H]1CCCN1C(=O)c1cnc2c(c1)ncn2Cc1cccnc1)N1CCOCC1. The number of rotatable bonds is 4. The highest BCUT2D eigenvalue weighted by molar-refractivity contribution is 5.99. The number of nitrogens with zero attached hydrogens (tertiary/aromatic N) is 6. The Labute approximate surface area is 179 Å². The maximum atomic E-state index is 13.2. The number of hydrogen-bond donors (Lipinski definition) is 0. The third-order valence-corrected chi connectivity index (χ3v) is 5.90. The van der Waals surface area contributed by atoms with Gasteiger partial charge in [0.05, 0.1) is 31.6 Å². The van der Waals surface area contributed by atoms with Crippen molar-refractivity contribution in [1.29, 1.82) is 0 Å². The first-order valence-corrected chi connectivity index (χ1v) is 10.6. The Morgan fingerprint density at radius 2 is 2.00 bits per heavy atom. The number of imidazole rings is 1. The van der Waals surface area contributed by atoms with Gasteiger partial charge in [0.2, 0.25) is 5.91 Å². The summed E-state index contributed by atoms with van der Waals surface area (Å²) in [6, 6.07) is 5.24. The number of carbonyl (C=O) groups excluding carboxylic acids is 2. The Bertz CT molecular complexity index is 1090. The first-order chi connectivity index (χ1) is 15.2. The zero-order valence-electron chi connectivity index (χ0n) is 17.2. The van der Waals surface area contributed by atoms with Crippen LogP contribution in [0.15, 0.2) is 43.1 Å². The standard InChI is InChI=1S/C22H24N6O3/c29-21(28-6-2-4-19(28)22(30)26-7-9-31-10-8-26)17-11-18-20(24-13-17)27(15-25-18)14-16-3-1-5-23-12-16/h1,3,5,11-13,15,19H,2,4,6-10,14H2/t19-/m0/s1. The van der Waals surface area contributed by atoms with Gasteiger partial charge in [0.25, 0.3) is 5.91 Å². The van der Waals surface area contributed by atoms with E-state index in [4.69, 9.17) is 4.74 Å². The summed E-state index contributed by atoms with van der Waals surface area (Å²) < 4.78 is 7.27. The van der Waals surface area contributed by atoms with Crippen LogP contribution in [0.1, 0.15) is 28.8 Å². The fourth-order valence-corrected chi connectivity index (χ4v) is 4.30. The lowest BCUT2D eigenvalue weighted by Gasteiger charge is -2.32. The molecule has 5 heterocycles. The van der Waals surface area contributed by atoms with Crippen LogP contribution in [0.5, 0.6) is 0 Å². The van der Waals surface area contributed by atoms with Crippen molar-refractivity contribution in [3.05, 3.63) is 54.2 Å². The van der Waals surface area contributed by atoms with E-state index in [2.05, 4.69) is 15.0 Å². The van der Waals surface area contributed by atoms with E-state index in [1.807, 2.05) is 22.9 Å². The van der Waals surface area contributed by atoms with Crippen molar-refractivity contribution in [2.75, 3.05) is 32.8 Å². The minimum Gasteiger partial charge on any atom is -0.378 e. The van der Waals surface area contributed by atoms with Crippen LogP contribution in [-0.4, -0.2) is 80.0 Å². The van der Waals surface area contributed by atoms with E-state index >= 15 is 0 Å². The lowest BCUT2D eigenvalue weighted by atomic mass is 10.1. The summed E-state index contributed by atoms with van der Waals surface area (Å²) in [6.07, 6.45) is 8.36. The summed E-state index contributed by atoms with van der Waals surface area (Å²) in [5.41, 5.74) is 2.87. The number of morpholine rings is 1. The van der Waals surface area contributed by atoms with Crippen LogP contribution in [0.3, 0.4) is 0 Å². The lowest BCUT2D eigenvalue weighted by molar-refractivity contribution is -0.139. The minimum atomic E-state index is -0.413. The van der Waals surface area contributed by atoms with E-state index in [-0.39, 0.29) is 11.8 Å². The second kappa shape index (κ2) is 8.43. The summed E-state index contributed by atoms with van der Waals surface area (Å²) in [5, 5.41) is 0. The molecule has 2 fully saturated rings. The fraction of sp³-hybridized carbons (Fsp3) is 0.409. The van der Waals surface area contributed by atoms with Gasteiger partial charge < -0.3 is 19.1 Å². The van der Waals surface area contributed by atoms with Crippen LogP contribution in [0, 0.1) is 0 Å². The molecular weight excluding hydrogens is 396 g/mol. The Morgan fingerprint density at radius 3 is 2.81 bits per heavy atom. The molecule has 0 radical (unpaired) electrons. The molecule has 2 amide bonds. The molecule has 1 atom stereocenters. The highest BCUT2D eigenvalue weighted by Gasteiger charge is 2.37. The number of aromatic nitrogens is 4. The van der Waals surface area contributed by atoms with Crippen molar-refractivity contribution in [2.45, 2.75) is 25.4 Å². The molecule has 2 aliphatic heterocycles. The normalized spacial score (nSPS) is 19.2. The second-order valence-corrected chi connectivity index (χ2v) is 7.89. The van der Waals surface area contributed by atoms with E-state index in [1.165, 1.54) is 0 Å². The van der Waals surface area contributed by atoms with Gasteiger partial charge in [0.15, 0.2) is 5.65 Å². The van der Waals surface area contributed by atoms with E-state index in [0.29, 0.717) is 62.5 Å². The maximum absolute atomic E-state index is 13.2. The summed E-state index contributed by atoms with van der Waals surface area (Å²) >= 11 is 0. The van der Waals surface area contributed by atoms with Gasteiger partial charge in [-0.25, -0.2) is 9.97 Å². The molecule has 5 rings (SSSR count). The molecular formula is C22H24N6O3. The molecule has 0 bridgehead atoms. The average molecular weight is 420 g/mol. The van der Waals surface area contributed by atoms with Crippen molar-refractivity contribution in [3.8, 4) is 0 Å². The Morgan fingerprint density at radius 1 is 1.13 bits per heavy atom. The monoisotopic (exact) mass is 420 g/mol. The molecule has 31 heavy (non-hydrogen) atoms. The first-order valence-electron chi connectivity index (χ1n) is 10.6. The molecule has 9 heteroatoms. The molecule has 0 unspecified atom stereocenters. The largest absolute Gasteiger partial charge is 0.378 e. The fourth-order valence-electron chi connectivity index (χ4n) is 4.30. The topological polar surface area (TPSA) is 93.5 Å². The number of hydrogen-bond acceptors (Lipinski definition) is 6. The van der Waals surface area contributed by atoms with Crippen molar-refractivity contribution >= 4 is 23.0 Å². The van der Waals surface area contributed by atoms with Gasteiger partial charge in [0.1, 0.15) is 11.6 Å². The van der Waals surface area contributed by atoms with Crippen molar-refractivity contribution in [1.82, 2.24) is 29.3 Å². The quantitative estimate of drug-likeness (QED) is 0.632. The van der Waals surface area contributed by atoms with Gasteiger partial charge in [-0.05, 0) is 30.5 Å². The molecule has 0 aliphatic carbocycles. The molecule has 0 N–H and O–H groups in total. The van der Waals surface area contributed by atoms with Gasteiger partial charge >= 0.3 is 0 Å². The number of pyridine rings is 2. The third kappa shape index (κ3) is 3.88. The molecule has 0 saturated carbocycles. The number of carbonyl (C=O) groups is 2. The van der Waals surface area contributed by atoms with Crippen LogP contribution in [0.25, 0.3) is 11.2 Å². The van der Waals surface area contributed by atoms with Gasteiger partial charge in [0, 0.05) is 38.2 Å². The van der Waals surface area contributed by atoms with E-state index in [1.54, 1.807) is 34.6 Å². The number of ether oxygens (including phenoxy) is 1. The molecule has 3 aromatic rings. The van der Waals surface area contributed by atoms with Crippen LogP contribution in [-0.2, 0) is 16.1 Å². The minimum absolute atomic E-state index is 0.0175. The zero-order chi connectivity index (χ0) is 21.2. The van der Waals surface area contributed by atoms with Crippen molar-refractivity contribution in [3.63, 3.8) is 0 Å². The van der Waals surface area contributed by atoms with Gasteiger partial charge in [-0.2, -0.15) is 0 Å². The Balaban J connectivity index is 1.35. The molecule has 160 valence electrons. The molecule has 0 aromatic carbocycles. The number of likely N-dealkylation sites (tertiary alicyclic amines) is 1. The maximum Gasteiger partial charge on any atom is 0.256 e.